The summed E-state index contributed by atoms with van der Waals surface area (Å²) in [5, 5.41) is 8.05. The van der Waals surface area contributed by atoms with Crippen molar-refractivity contribution >= 4 is 12.0 Å². The van der Waals surface area contributed by atoms with E-state index in [1.807, 2.05) is 13.0 Å². The summed E-state index contributed by atoms with van der Waals surface area (Å²) in [5.74, 6) is 0.782. The van der Waals surface area contributed by atoms with Crippen molar-refractivity contribution in [2.45, 2.75) is 13.3 Å². The Morgan fingerprint density at radius 3 is 3.00 bits per heavy atom. The van der Waals surface area contributed by atoms with E-state index >= 15 is 0 Å². The molecule has 0 aromatic heterocycles. The summed E-state index contributed by atoms with van der Waals surface area (Å²) >= 11 is 1.36. The van der Waals surface area contributed by atoms with Gasteiger partial charge in [0.05, 0.1) is 12.7 Å². The molecule has 0 aliphatic carbocycles. The molecule has 0 aliphatic rings. The highest BCUT2D eigenvalue weighted by molar-refractivity contribution is 7.94. The van der Waals surface area contributed by atoms with E-state index in [4.69, 9.17) is 9.44 Å². The fraction of sp³-hybridized carbons (Fsp3) is 0.800. The second-order valence-electron chi connectivity index (χ2n) is 1.14. The summed E-state index contributed by atoms with van der Waals surface area (Å²) in [7, 11) is 0. The Hall–Kier alpha value is -0.200. The Balaban J connectivity index is 2.65. The van der Waals surface area contributed by atoms with Gasteiger partial charge in [0, 0.05) is 12.2 Å². The first-order valence-corrected chi connectivity index (χ1v) is 3.44. The number of hydrogen-bond acceptors (Lipinski definition) is 3. The fourth-order valence-corrected chi connectivity index (χ4v) is 0.689. The van der Waals surface area contributed by atoms with Crippen molar-refractivity contribution in [3.05, 3.63) is 0 Å². The third-order valence-corrected chi connectivity index (χ3v) is 1.27. The van der Waals surface area contributed by atoms with Crippen LogP contribution in [0.5, 0.6) is 0 Å². The van der Waals surface area contributed by atoms with Crippen molar-refractivity contribution in [3.63, 3.8) is 0 Å². The van der Waals surface area contributed by atoms with Gasteiger partial charge in [0.1, 0.15) is 0 Å². The molecule has 0 spiro atoms. The van der Waals surface area contributed by atoms with Crippen LogP contribution in [0.1, 0.15) is 13.3 Å². The van der Waals surface area contributed by atoms with Gasteiger partial charge in [-0.05, 0) is 19.0 Å². The number of nitrogens with zero attached hydrogens (tertiary/aromatic N) is 1. The van der Waals surface area contributed by atoms with E-state index < -0.39 is 0 Å². The lowest BCUT2D eigenvalue weighted by Gasteiger charge is -1.92. The van der Waals surface area contributed by atoms with Crippen molar-refractivity contribution in [2.24, 2.45) is 0 Å². The predicted molar refractivity (Wildman–Crippen MR) is 34.3 cm³/mol. The molecule has 0 heterocycles. The van der Waals surface area contributed by atoms with Crippen LogP contribution in [0.15, 0.2) is 0 Å². The average molecular weight is 131 g/mol. The molecular formula is C5H9NOS. The number of rotatable bonds is 4. The van der Waals surface area contributed by atoms with Crippen LogP contribution in [0, 0.1) is 11.3 Å². The highest BCUT2D eigenvalue weighted by Crippen LogP contribution is 2.01. The minimum Gasteiger partial charge on any atom is -0.316 e. The summed E-state index contributed by atoms with van der Waals surface area (Å²) in [6.07, 6.45) is 0.574. The fourth-order valence-electron chi connectivity index (χ4n) is 0.230. The Labute approximate surface area is 54.0 Å². The zero-order chi connectivity index (χ0) is 6.24. The van der Waals surface area contributed by atoms with Crippen molar-refractivity contribution in [1.29, 1.82) is 5.26 Å². The molecule has 3 heteroatoms. The minimum absolute atomic E-state index is 0.574. The first-order chi connectivity index (χ1) is 3.91. The van der Waals surface area contributed by atoms with Gasteiger partial charge >= 0.3 is 0 Å². The van der Waals surface area contributed by atoms with Crippen LogP contribution in [-0.2, 0) is 4.18 Å². The third-order valence-electron chi connectivity index (χ3n) is 0.498. The smallest absolute Gasteiger partial charge is 0.0631 e. The van der Waals surface area contributed by atoms with Crippen LogP contribution in [0.2, 0.25) is 0 Å². The van der Waals surface area contributed by atoms with E-state index in [2.05, 4.69) is 0 Å². The maximum Gasteiger partial charge on any atom is 0.0631 e. The number of nitriles is 1. The quantitative estimate of drug-likeness (QED) is 0.429. The molecule has 0 aromatic rings. The van der Waals surface area contributed by atoms with Gasteiger partial charge < -0.3 is 4.18 Å². The van der Waals surface area contributed by atoms with Crippen LogP contribution >= 0.6 is 12.0 Å². The van der Waals surface area contributed by atoms with Crippen molar-refractivity contribution < 1.29 is 4.18 Å². The van der Waals surface area contributed by atoms with Crippen LogP contribution in [0.25, 0.3) is 0 Å². The molecule has 2 nitrogen and oxygen atoms in total. The minimum atomic E-state index is 0.574. The van der Waals surface area contributed by atoms with E-state index in [1.165, 1.54) is 12.0 Å². The zero-order valence-electron chi connectivity index (χ0n) is 4.89. The van der Waals surface area contributed by atoms with Gasteiger partial charge in [-0.1, -0.05) is 0 Å². The second-order valence-corrected chi connectivity index (χ2v) is 2.02. The normalized spacial score (nSPS) is 8.50. The molecule has 46 valence electrons. The number of hydrogen-bond donors (Lipinski definition) is 0. The van der Waals surface area contributed by atoms with Crippen LogP contribution < -0.4 is 0 Å². The summed E-state index contributed by atoms with van der Waals surface area (Å²) in [6.45, 7) is 2.65. The zero-order valence-corrected chi connectivity index (χ0v) is 5.70. The third kappa shape index (κ3) is 5.80. The molecule has 8 heavy (non-hydrogen) atoms. The van der Waals surface area contributed by atoms with Crippen molar-refractivity contribution in [1.82, 2.24) is 0 Å². The van der Waals surface area contributed by atoms with E-state index in [1.54, 1.807) is 0 Å². The molecular weight excluding hydrogens is 122 g/mol. The lowest BCUT2D eigenvalue weighted by molar-refractivity contribution is 0.402. The lowest BCUT2D eigenvalue weighted by Crippen LogP contribution is -1.80. The standard InChI is InChI=1S/C5H9NOS/c1-2-7-8-5-3-4-6/h2-3,5H2,1H3. The largest absolute Gasteiger partial charge is 0.316 e. The monoisotopic (exact) mass is 131 g/mol. The molecule has 0 aliphatic heterocycles. The molecule has 0 saturated heterocycles. The predicted octanol–water partition coefficient (Wildman–Crippen LogP) is 1.58. The van der Waals surface area contributed by atoms with Crippen LogP contribution in [0.4, 0.5) is 0 Å². The topological polar surface area (TPSA) is 33.0 Å². The molecule has 0 saturated carbocycles. The van der Waals surface area contributed by atoms with E-state index in [-0.39, 0.29) is 0 Å². The van der Waals surface area contributed by atoms with E-state index in [9.17, 15) is 0 Å². The molecule has 0 aromatic carbocycles. The Morgan fingerprint density at radius 1 is 1.75 bits per heavy atom. The maximum absolute atomic E-state index is 8.05. The molecule has 0 radical (unpaired) electrons. The molecule has 0 fully saturated rings. The maximum atomic E-state index is 8.05. The highest BCUT2D eigenvalue weighted by Gasteiger charge is 1.83. The van der Waals surface area contributed by atoms with Gasteiger partial charge in [0.15, 0.2) is 0 Å². The van der Waals surface area contributed by atoms with Crippen LogP contribution in [0.3, 0.4) is 0 Å². The molecule has 0 bridgehead atoms. The first kappa shape index (κ1) is 7.80. The van der Waals surface area contributed by atoms with E-state index in [0.717, 1.165) is 12.4 Å². The molecule has 0 atom stereocenters. The summed E-state index contributed by atoms with van der Waals surface area (Å²) < 4.78 is 4.90. The van der Waals surface area contributed by atoms with Crippen molar-refractivity contribution in [3.8, 4) is 6.07 Å². The highest BCUT2D eigenvalue weighted by atomic mass is 32.2. The van der Waals surface area contributed by atoms with E-state index in [0.29, 0.717) is 6.42 Å². The Bertz CT molecular complexity index is 79.0. The van der Waals surface area contributed by atoms with Gasteiger partial charge in [-0.3, -0.25) is 0 Å². The lowest BCUT2D eigenvalue weighted by atomic mass is 10.6. The van der Waals surface area contributed by atoms with Crippen molar-refractivity contribution in [2.75, 3.05) is 12.4 Å². The molecule has 0 N–H and O–H groups in total. The summed E-state index contributed by atoms with van der Waals surface area (Å²) in [4.78, 5) is 0. The second kappa shape index (κ2) is 6.80. The molecule has 0 amide bonds. The van der Waals surface area contributed by atoms with Gasteiger partial charge in [-0.15, -0.1) is 0 Å². The first-order valence-electron chi connectivity index (χ1n) is 2.53. The average Bonchev–Trinajstić information content (AvgIpc) is 1.81. The summed E-state index contributed by atoms with van der Waals surface area (Å²) in [6, 6.07) is 2.03. The van der Waals surface area contributed by atoms with Crippen LogP contribution in [-0.4, -0.2) is 12.4 Å². The Kier molecular flexibility index (Phi) is 6.63. The summed E-state index contributed by atoms with van der Waals surface area (Å²) in [5.41, 5.74) is 0. The SMILES string of the molecule is CCOSCCC#N. The molecule has 0 unspecified atom stereocenters. The van der Waals surface area contributed by atoms with Gasteiger partial charge in [-0.25, -0.2) is 0 Å². The molecule has 0 rings (SSSR count). The van der Waals surface area contributed by atoms with Gasteiger partial charge in [0.2, 0.25) is 0 Å². The Morgan fingerprint density at radius 2 is 2.50 bits per heavy atom. The van der Waals surface area contributed by atoms with Gasteiger partial charge in [-0.2, -0.15) is 5.26 Å². The van der Waals surface area contributed by atoms with Gasteiger partial charge in [0.25, 0.3) is 0 Å².